The SMILES string of the molecule is CC1CN(c2cccc(Cl)c2C#N)CCCO1. The normalized spacial score (nSPS) is 20.8. The molecule has 90 valence electrons. The average molecular weight is 251 g/mol. The average Bonchev–Trinajstić information content (AvgIpc) is 2.53. The zero-order chi connectivity index (χ0) is 12.3. The molecule has 1 aromatic rings. The van der Waals surface area contributed by atoms with E-state index in [1.807, 2.05) is 12.1 Å². The highest BCUT2D eigenvalue weighted by Gasteiger charge is 2.18. The van der Waals surface area contributed by atoms with Crippen LogP contribution in [0.2, 0.25) is 5.02 Å². The summed E-state index contributed by atoms with van der Waals surface area (Å²) in [7, 11) is 0. The van der Waals surface area contributed by atoms with Crippen LogP contribution in [0.5, 0.6) is 0 Å². The fourth-order valence-corrected chi connectivity index (χ4v) is 2.31. The Kier molecular flexibility index (Phi) is 3.88. The van der Waals surface area contributed by atoms with Crippen molar-refractivity contribution in [2.45, 2.75) is 19.4 Å². The van der Waals surface area contributed by atoms with Crippen molar-refractivity contribution in [1.29, 1.82) is 5.26 Å². The number of nitrogens with zero attached hydrogens (tertiary/aromatic N) is 2. The lowest BCUT2D eigenvalue weighted by Gasteiger charge is -2.25. The van der Waals surface area contributed by atoms with E-state index in [1.165, 1.54) is 0 Å². The van der Waals surface area contributed by atoms with Crippen LogP contribution < -0.4 is 4.90 Å². The fourth-order valence-electron chi connectivity index (χ4n) is 2.10. The molecule has 0 N–H and O–H groups in total. The highest BCUT2D eigenvalue weighted by Crippen LogP contribution is 2.27. The third kappa shape index (κ3) is 2.71. The molecule has 0 amide bonds. The number of ether oxygens (including phenoxy) is 1. The first-order valence-corrected chi connectivity index (χ1v) is 6.15. The molecule has 0 saturated carbocycles. The zero-order valence-corrected chi connectivity index (χ0v) is 10.6. The zero-order valence-electron chi connectivity index (χ0n) is 9.82. The molecule has 1 heterocycles. The molecule has 0 spiro atoms. The van der Waals surface area contributed by atoms with Gasteiger partial charge in [0.15, 0.2) is 0 Å². The van der Waals surface area contributed by atoms with Crippen LogP contribution in [-0.4, -0.2) is 25.8 Å². The van der Waals surface area contributed by atoms with Gasteiger partial charge < -0.3 is 9.64 Å². The molecule has 3 nitrogen and oxygen atoms in total. The Morgan fingerprint density at radius 2 is 2.35 bits per heavy atom. The van der Waals surface area contributed by atoms with Crippen LogP contribution in [0.25, 0.3) is 0 Å². The second-order valence-corrected chi connectivity index (χ2v) is 4.63. The summed E-state index contributed by atoms with van der Waals surface area (Å²) in [5, 5.41) is 9.69. The molecule has 2 rings (SSSR count). The van der Waals surface area contributed by atoms with Gasteiger partial charge in [-0.2, -0.15) is 5.26 Å². The Morgan fingerprint density at radius 1 is 1.53 bits per heavy atom. The highest BCUT2D eigenvalue weighted by atomic mass is 35.5. The summed E-state index contributed by atoms with van der Waals surface area (Å²) in [4.78, 5) is 2.18. The molecule has 1 aliphatic rings. The quantitative estimate of drug-likeness (QED) is 0.769. The summed E-state index contributed by atoms with van der Waals surface area (Å²) >= 11 is 6.05. The van der Waals surface area contributed by atoms with Gasteiger partial charge in [-0.05, 0) is 25.5 Å². The van der Waals surface area contributed by atoms with Crippen LogP contribution in [0.4, 0.5) is 5.69 Å². The van der Waals surface area contributed by atoms with Crippen LogP contribution in [0.1, 0.15) is 18.9 Å². The van der Waals surface area contributed by atoms with Crippen molar-refractivity contribution in [1.82, 2.24) is 0 Å². The Morgan fingerprint density at radius 3 is 3.12 bits per heavy atom. The van der Waals surface area contributed by atoms with Gasteiger partial charge in [0.05, 0.1) is 22.4 Å². The van der Waals surface area contributed by atoms with Gasteiger partial charge >= 0.3 is 0 Å². The summed E-state index contributed by atoms with van der Waals surface area (Å²) in [6.07, 6.45) is 1.16. The van der Waals surface area contributed by atoms with Crippen molar-refractivity contribution in [3.8, 4) is 6.07 Å². The lowest BCUT2D eigenvalue weighted by molar-refractivity contribution is 0.0821. The Bertz CT molecular complexity index is 442. The summed E-state index contributed by atoms with van der Waals surface area (Å²) in [5.41, 5.74) is 1.47. The lowest BCUT2D eigenvalue weighted by Crippen LogP contribution is -2.30. The molecule has 17 heavy (non-hydrogen) atoms. The van der Waals surface area contributed by atoms with Crippen molar-refractivity contribution in [3.05, 3.63) is 28.8 Å². The molecule has 0 aromatic heterocycles. The highest BCUT2D eigenvalue weighted by molar-refractivity contribution is 6.32. The van der Waals surface area contributed by atoms with Crippen molar-refractivity contribution in [2.75, 3.05) is 24.6 Å². The number of nitriles is 1. The van der Waals surface area contributed by atoms with E-state index in [1.54, 1.807) is 6.07 Å². The minimum Gasteiger partial charge on any atom is -0.377 e. The molecule has 1 saturated heterocycles. The smallest absolute Gasteiger partial charge is 0.103 e. The number of rotatable bonds is 1. The number of hydrogen-bond acceptors (Lipinski definition) is 3. The van der Waals surface area contributed by atoms with Gasteiger partial charge in [0.2, 0.25) is 0 Å². The number of hydrogen-bond donors (Lipinski definition) is 0. The van der Waals surface area contributed by atoms with E-state index in [0.29, 0.717) is 10.6 Å². The third-order valence-electron chi connectivity index (χ3n) is 2.90. The van der Waals surface area contributed by atoms with Crippen molar-refractivity contribution >= 4 is 17.3 Å². The summed E-state index contributed by atoms with van der Waals surface area (Å²) in [5.74, 6) is 0. The number of benzene rings is 1. The number of anilines is 1. The van der Waals surface area contributed by atoms with E-state index >= 15 is 0 Å². The molecule has 1 aliphatic heterocycles. The molecule has 0 aliphatic carbocycles. The van der Waals surface area contributed by atoms with Gasteiger partial charge in [0.1, 0.15) is 6.07 Å². The van der Waals surface area contributed by atoms with Crippen LogP contribution >= 0.6 is 11.6 Å². The van der Waals surface area contributed by atoms with Gasteiger partial charge in [0, 0.05) is 19.7 Å². The first-order chi connectivity index (χ1) is 8.22. The molecule has 1 fully saturated rings. The maximum absolute atomic E-state index is 9.17. The van der Waals surface area contributed by atoms with E-state index in [9.17, 15) is 5.26 Å². The molecule has 0 bridgehead atoms. The largest absolute Gasteiger partial charge is 0.377 e. The molecule has 4 heteroatoms. The molecular weight excluding hydrogens is 236 g/mol. The van der Waals surface area contributed by atoms with E-state index in [0.717, 1.165) is 31.8 Å². The van der Waals surface area contributed by atoms with E-state index in [-0.39, 0.29) is 6.10 Å². The molecule has 1 atom stereocenters. The number of halogens is 1. The summed E-state index contributed by atoms with van der Waals surface area (Å²) in [6, 6.07) is 7.76. The van der Waals surface area contributed by atoms with E-state index < -0.39 is 0 Å². The Labute approximate surface area is 107 Å². The second kappa shape index (κ2) is 5.39. The van der Waals surface area contributed by atoms with Crippen molar-refractivity contribution < 1.29 is 4.74 Å². The molecule has 0 radical (unpaired) electrons. The van der Waals surface area contributed by atoms with E-state index in [2.05, 4.69) is 17.9 Å². The molecular formula is C13H15ClN2O. The summed E-state index contributed by atoms with van der Waals surface area (Å²) < 4.78 is 5.60. The van der Waals surface area contributed by atoms with Crippen LogP contribution in [-0.2, 0) is 4.74 Å². The predicted octanol–water partition coefficient (Wildman–Crippen LogP) is 2.83. The van der Waals surface area contributed by atoms with Crippen LogP contribution in [0.3, 0.4) is 0 Å². The van der Waals surface area contributed by atoms with E-state index in [4.69, 9.17) is 16.3 Å². The third-order valence-corrected chi connectivity index (χ3v) is 3.21. The first kappa shape index (κ1) is 12.2. The monoisotopic (exact) mass is 250 g/mol. The first-order valence-electron chi connectivity index (χ1n) is 5.77. The van der Waals surface area contributed by atoms with Gasteiger partial charge in [-0.25, -0.2) is 0 Å². The van der Waals surface area contributed by atoms with Gasteiger partial charge in [-0.1, -0.05) is 17.7 Å². The van der Waals surface area contributed by atoms with Gasteiger partial charge in [-0.3, -0.25) is 0 Å². The lowest BCUT2D eigenvalue weighted by atomic mass is 10.1. The predicted molar refractivity (Wildman–Crippen MR) is 68.4 cm³/mol. The Hall–Kier alpha value is -1.24. The van der Waals surface area contributed by atoms with Crippen LogP contribution in [0.15, 0.2) is 18.2 Å². The second-order valence-electron chi connectivity index (χ2n) is 4.23. The van der Waals surface area contributed by atoms with Crippen molar-refractivity contribution in [2.24, 2.45) is 0 Å². The maximum Gasteiger partial charge on any atom is 0.103 e. The standard InChI is InChI=1S/C13H15ClN2O/c1-10-9-16(6-3-7-17-10)13-5-2-4-12(14)11(13)8-15/h2,4-5,10H,3,6-7,9H2,1H3. The summed E-state index contributed by atoms with van der Waals surface area (Å²) in [6.45, 7) is 4.53. The Balaban J connectivity index is 2.32. The fraction of sp³-hybridized carbons (Fsp3) is 0.462. The topological polar surface area (TPSA) is 36.3 Å². The van der Waals surface area contributed by atoms with Gasteiger partial charge in [-0.15, -0.1) is 0 Å². The minimum absolute atomic E-state index is 0.183. The molecule has 1 unspecified atom stereocenters. The van der Waals surface area contributed by atoms with Gasteiger partial charge in [0.25, 0.3) is 0 Å². The minimum atomic E-state index is 0.183. The maximum atomic E-state index is 9.17. The molecule has 1 aromatic carbocycles. The van der Waals surface area contributed by atoms with Crippen molar-refractivity contribution in [3.63, 3.8) is 0 Å². The van der Waals surface area contributed by atoms with Crippen LogP contribution in [0, 0.1) is 11.3 Å².